The van der Waals surface area contributed by atoms with Crippen LogP contribution in [0.2, 0.25) is 0 Å². The van der Waals surface area contributed by atoms with Crippen LogP contribution in [0.4, 0.5) is 5.69 Å². The van der Waals surface area contributed by atoms with Gasteiger partial charge in [-0.3, -0.25) is 0 Å². The molecule has 0 atom stereocenters. The van der Waals surface area contributed by atoms with E-state index >= 15 is 0 Å². The number of pyridine rings is 1. The van der Waals surface area contributed by atoms with Crippen molar-refractivity contribution in [3.63, 3.8) is 0 Å². The summed E-state index contributed by atoms with van der Waals surface area (Å²) < 4.78 is 4.92. The van der Waals surface area contributed by atoms with E-state index in [2.05, 4.69) is 58.4 Å². The van der Waals surface area contributed by atoms with E-state index in [0.29, 0.717) is 5.69 Å². The van der Waals surface area contributed by atoms with Gasteiger partial charge in [0.1, 0.15) is 0 Å². The fraction of sp³-hybridized carbons (Fsp3) is 0.273. The largest absolute Gasteiger partial charge is 0.464 e. The number of anilines is 1. The van der Waals surface area contributed by atoms with Crippen LogP contribution < -0.4 is 4.90 Å². The molecule has 5 rings (SSSR count). The van der Waals surface area contributed by atoms with Gasteiger partial charge in [0, 0.05) is 42.8 Å². The lowest BCUT2D eigenvalue weighted by Crippen LogP contribution is -2.26. The number of rotatable bonds is 2. The number of hydrogen-bond acceptors (Lipinski definition) is 5. The van der Waals surface area contributed by atoms with Crippen molar-refractivity contribution in [2.75, 3.05) is 25.6 Å². The number of carbonyl (C=O) groups is 1. The Morgan fingerprint density at radius 2 is 2.11 bits per heavy atom. The minimum absolute atomic E-state index is 0.0964. The number of allylic oxidation sites excluding steroid dienone is 1. The van der Waals surface area contributed by atoms with Crippen molar-refractivity contribution in [2.45, 2.75) is 18.4 Å². The molecule has 0 bridgehead atoms. The second kappa shape index (κ2) is 5.71. The van der Waals surface area contributed by atoms with E-state index < -0.39 is 5.97 Å². The summed E-state index contributed by atoms with van der Waals surface area (Å²) in [6.45, 7) is 0.864. The van der Waals surface area contributed by atoms with Crippen LogP contribution in [-0.4, -0.2) is 36.6 Å². The number of methoxy groups -OCH3 is 1. The molecule has 0 amide bonds. The first-order valence-electron chi connectivity index (χ1n) is 9.21. The normalized spacial score (nSPS) is 18.7. The quantitative estimate of drug-likeness (QED) is 0.766. The molecule has 27 heavy (non-hydrogen) atoms. The molecule has 1 aliphatic carbocycles. The monoisotopic (exact) mass is 359 g/mol. The van der Waals surface area contributed by atoms with Gasteiger partial charge in [-0.1, -0.05) is 24.3 Å². The van der Waals surface area contributed by atoms with Crippen LogP contribution in [0.3, 0.4) is 0 Å². The van der Waals surface area contributed by atoms with Crippen LogP contribution in [0.25, 0.3) is 11.1 Å². The Bertz CT molecular complexity index is 1000. The van der Waals surface area contributed by atoms with Gasteiger partial charge in [-0.05, 0) is 36.6 Å². The first-order valence-corrected chi connectivity index (χ1v) is 9.21. The molecule has 2 aromatic rings. The smallest absolute Gasteiger partial charge is 0.357 e. The van der Waals surface area contributed by atoms with E-state index in [4.69, 9.17) is 4.74 Å². The summed E-state index contributed by atoms with van der Waals surface area (Å²) in [5.74, 6) is -0.414. The molecule has 5 heteroatoms. The van der Waals surface area contributed by atoms with Gasteiger partial charge in [0.25, 0.3) is 0 Å². The van der Waals surface area contributed by atoms with Gasteiger partial charge in [0.15, 0.2) is 5.69 Å². The fourth-order valence-corrected chi connectivity index (χ4v) is 4.29. The zero-order valence-electron chi connectivity index (χ0n) is 15.5. The van der Waals surface area contributed by atoms with Gasteiger partial charge in [0.2, 0.25) is 0 Å². The molecule has 0 radical (unpaired) electrons. The number of ether oxygens (including phenoxy) is 1. The molecule has 1 saturated carbocycles. The highest BCUT2D eigenvalue weighted by Crippen LogP contribution is 2.56. The van der Waals surface area contributed by atoms with E-state index in [1.807, 2.05) is 12.1 Å². The molecular weight excluding hydrogens is 338 g/mol. The van der Waals surface area contributed by atoms with Crippen molar-refractivity contribution in [2.24, 2.45) is 0 Å². The Labute approximate surface area is 158 Å². The molecule has 136 valence electrons. The third-order valence-electron chi connectivity index (χ3n) is 5.90. The second-order valence-electron chi connectivity index (χ2n) is 7.33. The molecule has 1 aromatic heterocycles. The van der Waals surface area contributed by atoms with E-state index in [9.17, 15) is 4.79 Å². The standard InChI is InChI=1S/C22H21N3O2/c1-24-14-16-5-4-12-25(16)19-13-15(7-8-18(19)22(24)9-10-22)17-6-3-11-23-20(17)21(26)27-2/h3-8,11,13-14H,9-10,12H2,1-2H3. The van der Waals surface area contributed by atoms with Gasteiger partial charge in [0.05, 0.1) is 18.3 Å². The molecule has 1 spiro atoms. The van der Waals surface area contributed by atoms with Crippen molar-refractivity contribution in [1.29, 1.82) is 0 Å². The SMILES string of the molecule is COC(=O)c1ncccc1-c1ccc2c(c1)N1CC=CC1=CN(C)C21CC1. The Morgan fingerprint density at radius 1 is 1.26 bits per heavy atom. The van der Waals surface area contributed by atoms with Crippen molar-refractivity contribution in [3.05, 3.63) is 71.8 Å². The van der Waals surface area contributed by atoms with Gasteiger partial charge < -0.3 is 14.5 Å². The second-order valence-corrected chi connectivity index (χ2v) is 7.33. The molecule has 2 aliphatic heterocycles. The van der Waals surface area contributed by atoms with Gasteiger partial charge >= 0.3 is 5.97 Å². The average molecular weight is 359 g/mol. The zero-order valence-corrected chi connectivity index (χ0v) is 15.5. The third kappa shape index (κ3) is 2.31. The molecule has 0 saturated heterocycles. The molecular formula is C22H21N3O2. The van der Waals surface area contributed by atoms with Crippen LogP contribution in [0, 0.1) is 0 Å². The van der Waals surface area contributed by atoms with Gasteiger partial charge in [-0.15, -0.1) is 0 Å². The Morgan fingerprint density at radius 3 is 2.89 bits per heavy atom. The Hall–Kier alpha value is -3.08. The summed E-state index contributed by atoms with van der Waals surface area (Å²) in [5, 5.41) is 0. The van der Waals surface area contributed by atoms with Crippen LogP contribution in [0.1, 0.15) is 28.9 Å². The lowest BCUT2D eigenvalue weighted by atomic mass is 9.95. The highest BCUT2D eigenvalue weighted by Gasteiger charge is 2.50. The molecule has 5 nitrogen and oxygen atoms in total. The first kappa shape index (κ1) is 16.1. The molecule has 0 N–H and O–H groups in total. The minimum atomic E-state index is -0.414. The molecule has 0 unspecified atom stereocenters. The average Bonchev–Trinajstić information content (AvgIpc) is 3.41. The maximum Gasteiger partial charge on any atom is 0.357 e. The van der Waals surface area contributed by atoms with Crippen molar-refractivity contribution in [1.82, 2.24) is 9.88 Å². The zero-order chi connectivity index (χ0) is 18.6. The third-order valence-corrected chi connectivity index (χ3v) is 5.90. The number of nitrogens with zero attached hydrogens (tertiary/aromatic N) is 3. The van der Waals surface area contributed by atoms with Crippen LogP contribution in [0.5, 0.6) is 0 Å². The lowest BCUT2D eigenvalue weighted by Gasteiger charge is -2.28. The van der Waals surface area contributed by atoms with Gasteiger partial charge in [-0.2, -0.15) is 0 Å². The summed E-state index contributed by atoms with van der Waals surface area (Å²) >= 11 is 0. The summed E-state index contributed by atoms with van der Waals surface area (Å²) in [4.78, 5) is 21.1. The maximum atomic E-state index is 12.2. The molecule has 1 aromatic carbocycles. The maximum absolute atomic E-state index is 12.2. The summed E-state index contributed by atoms with van der Waals surface area (Å²) in [6.07, 6.45) is 10.6. The highest BCUT2D eigenvalue weighted by molar-refractivity contribution is 5.95. The van der Waals surface area contributed by atoms with Crippen molar-refractivity contribution in [3.8, 4) is 11.1 Å². The molecule has 1 fully saturated rings. The summed E-state index contributed by atoms with van der Waals surface area (Å²) in [5.41, 5.74) is 6.00. The summed E-state index contributed by atoms with van der Waals surface area (Å²) in [6, 6.07) is 10.3. The van der Waals surface area contributed by atoms with Gasteiger partial charge in [-0.25, -0.2) is 9.78 Å². The van der Waals surface area contributed by atoms with Crippen molar-refractivity contribution < 1.29 is 9.53 Å². The van der Waals surface area contributed by atoms with Crippen LogP contribution in [0.15, 0.2) is 60.6 Å². The predicted molar refractivity (Wildman–Crippen MR) is 104 cm³/mol. The molecule has 3 heterocycles. The van der Waals surface area contributed by atoms with E-state index in [-0.39, 0.29) is 5.54 Å². The van der Waals surface area contributed by atoms with E-state index in [1.165, 1.54) is 24.1 Å². The minimum Gasteiger partial charge on any atom is -0.464 e. The number of fused-ring (bicyclic) bond motifs is 4. The summed E-state index contributed by atoms with van der Waals surface area (Å²) in [7, 11) is 3.56. The number of benzene rings is 1. The number of aromatic nitrogens is 1. The molecule has 3 aliphatic rings. The number of hydrogen-bond donors (Lipinski definition) is 0. The Kier molecular flexibility index (Phi) is 3.41. The highest BCUT2D eigenvalue weighted by atomic mass is 16.5. The van der Waals surface area contributed by atoms with Crippen molar-refractivity contribution >= 4 is 11.7 Å². The van der Waals surface area contributed by atoms with Crippen LogP contribution in [-0.2, 0) is 10.3 Å². The number of esters is 1. The lowest BCUT2D eigenvalue weighted by molar-refractivity contribution is 0.0595. The fourth-order valence-electron chi connectivity index (χ4n) is 4.29. The van der Waals surface area contributed by atoms with E-state index in [0.717, 1.165) is 30.5 Å². The topological polar surface area (TPSA) is 45.7 Å². The first-order chi connectivity index (χ1) is 13.1. The Balaban J connectivity index is 1.69. The number of carbonyl (C=O) groups excluding carboxylic acids is 1. The van der Waals surface area contributed by atoms with E-state index in [1.54, 1.807) is 6.20 Å². The predicted octanol–water partition coefficient (Wildman–Crippen LogP) is 3.69. The van der Waals surface area contributed by atoms with Crippen LogP contribution >= 0.6 is 0 Å².